The van der Waals surface area contributed by atoms with Gasteiger partial charge in [-0.1, -0.05) is 53.6 Å². The number of benzene rings is 2. The van der Waals surface area contributed by atoms with E-state index in [9.17, 15) is 5.26 Å². The van der Waals surface area contributed by atoms with Gasteiger partial charge >= 0.3 is 0 Å². The van der Waals surface area contributed by atoms with Gasteiger partial charge < -0.3 is 9.88 Å². The smallest absolute Gasteiger partial charge is 0.0991 e. The minimum absolute atomic E-state index is 0.599. The Balaban J connectivity index is 1.73. The van der Waals surface area contributed by atoms with Crippen molar-refractivity contribution < 1.29 is 0 Å². The Morgan fingerprint density at radius 1 is 1.13 bits per heavy atom. The van der Waals surface area contributed by atoms with Crippen LogP contribution < -0.4 is 5.32 Å². The van der Waals surface area contributed by atoms with E-state index in [4.69, 9.17) is 16.6 Å². The molecule has 2 aromatic carbocycles. The van der Waals surface area contributed by atoms with Crippen LogP contribution in [-0.2, 0) is 6.54 Å². The number of fused-ring (bicyclic) bond motifs is 1. The van der Waals surface area contributed by atoms with Crippen LogP contribution in [0, 0.1) is 24.2 Å². The van der Waals surface area contributed by atoms with Crippen molar-refractivity contribution in [1.82, 2.24) is 14.9 Å². The van der Waals surface area contributed by atoms with Gasteiger partial charge in [-0.3, -0.25) is 4.98 Å². The lowest BCUT2D eigenvalue weighted by Gasteiger charge is -2.14. The molecule has 1 aliphatic heterocycles. The van der Waals surface area contributed by atoms with Crippen molar-refractivity contribution in [1.29, 1.82) is 5.26 Å². The van der Waals surface area contributed by atoms with E-state index < -0.39 is 0 Å². The standard InChI is InChI=1S/C26H23ClN4/c1-17-2-6-21(7-3-17)26-24(20-8-4-18(12-28)5-9-20)25-22(27)16-31(23(25)14-30-26)15-19-10-11-29-13-19/h2-9,14,16,19,29H,10-11,13,15H2,1H3. The monoisotopic (exact) mass is 426 g/mol. The molecule has 0 aliphatic carbocycles. The highest BCUT2D eigenvalue weighted by atomic mass is 35.5. The highest BCUT2D eigenvalue weighted by molar-refractivity contribution is 6.37. The lowest BCUT2D eigenvalue weighted by Crippen LogP contribution is -2.14. The molecule has 0 radical (unpaired) electrons. The second-order valence-electron chi connectivity index (χ2n) is 8.29. The fourth-order valence-corrected chi connectivity index (χ4v) is 4.76. The molecule has 2 aromatic heterocycles. The van der Waals surface area contributed by atoms with Crippen LogP contribution in [-0.4, -0.2) is 22.6 Å². The molecule has 4 nitrogen and oxygen atoms in total. The Morgan fingerprint density at radius 3 is 2.55 bits per heavy atom. The number of nitrogens with one attached hydrogen (secondary N) is 1. The van der Waals surface area contributed by atoms with Crippen molar-refractivity contribution in [2.45, 2.75) is 19.9 Å². The van der Waals surface area contributed by atoms with Crippen LogP contribution in [0.3, 0.4) is 0 Å². The predicted molar refractivity (Wildman–Crippen MR) is 126 cm³/mol. The molecule has 0 saturated carbocycles. The third-order valence-electron chi connectivity index (χ3n) is 6.12. The Bertz CT molecular complexity index is 1270. The molecule has 1 aliphatic rings. The van der Waals surface area contributed by atoms with E-state index in [2.05, 4.69) is 47.1 Å². The van der Waals surface area contributed by atoms with Crippen molar-refractivity contribution in [2.24, 2.45) is 5.92 Å². The van der Waals surface area contributed by atoms with Gasteiger partial charge in [0.1, 0.15) is 0 Å². The zero-order chi connectivity index (χ0) is 21.4. The van der Waals surface area contributed by atoms with Crippen LogP contribution >= 0.6 is 11.6 Å². The van der Waals surface area contributed by atoms with Gasteiger partial charge in [-0.15, -0.1) is 0 Å². The normalized spacial score (nSPS) is 16.0. The molecule has 1 saturated heterocycles. The highest BCUT2D eigenvalue weighted by Crippen LogP contribution is 2.41. The van der Waals surface area contributed by atoms with Gasteiger partial charge in [0.05, 0.1) is 34.1 Å². The maximum atomic E-state index is 9.22. The summed E-state index contributed by atoms with van der Waals surface area (Å²) in [5.41, 5.74) is 6.87. The van der Waals surface area contributed by atoms with Crippen molar-refractivity contribution in [2.75, 3.05) is 13.1 Å². The molecule has 1 atom stereocenters. The quantitative estimate of drug-likeness (QED) is 0.447. The number of nitriles is 1. The van der Waals surface area contributed by atoms with Crippen LogP contribution in [0.15, 0.2) is 60.9 Å². The number of aryl methyl sites for hydroxylation is 1. The molecule has 1 N–H and O–H groups in total. The zero-order valence-electron chi connectivity index (χ0n) is 17.4. The molecule has 0 bridgehead atoms. The molecule has 5 rings (SSSR count). The second kappa shape index (κ2) is 8.19. The molecule has 154 valence electrons. The summed E-state index contributed by atoms with van der Waals surface area (Å²) in [6.45, 7) is 5.12. The first-order chi connectivity index (χ1) is 15.1. The molecule has 3 heterocycles. The van der Waals surface area contributed by atoms with Gasteiger partial charge in [-0.2, -0.15) is 5.26 Å². The number of hydrogen-bond acceptors (Lipinski definition) is 3. The SMILES string of the molecule is Cc1ccc(-c2ncc3c(c(Cl)cn3CC3CCNC3)c2-c2ccc(C#N)cc2)cc1. The largest absolute Gasteiger partial charge is 0.344 e. The molecule has 0 spiro atoms. The molecule has 1 fully saturated rings. The van der Waals surface area contributed by atoms with Crippen LogP contribution in [0.2, 0.25) is 5.02 Å². The summed E-state index contributed by atoms with van der Waals surface area (Å²) >= 11 is 6.84. The van der Waals surface area contributed by atoms with E-state index >= 15 is 0 Å². The van der Waals surface area contributed by atoms with Gasteiger partial charge in [0, 0.05) is 29.3 Å². The fraction of sp³-hybridized carbons (Fsp3) is 0.231. The first-order valence-corrected chi connectivity index (χ1v) is 11.0. The van der Waals surface area contributed by atoms with Gasteiger partial charge in [0.2, 0.25) is 0 Å². The van der Waals surface area contributed by atoms with Crippen LogP contribution in [0.5, 0.6) is 0 Å². The second-order valence-corrected chi connectivity index (χ2v) is 8.69. The average Bonchev–Trinajstić information content (AvgIpc) is 3.42. The topological polar surface area (TPSA) is 53.6 Å². The molecule has 31 heavy (non-hydrogen) atoms. The summed E-state index contributed by atoms with van der Waals surface area (Å²) in [5.74, 6) is 0.599. The molecular weight excluding hydrogens is 404 g/mol. The summed E-state index contributed by atoms with van der Waals surface area (Å²) in [6.07, 6.45) is 5.17. The van der Waals surface area contributed by atoms with E-state index in [1.165, 1.54) is 12.0 Å². The number of halogens is 1. The zero-order valence-corrected chi connectivity index (χ0v) is 18.2. The Labute approximate surface area is 187 Å². The van der Waals surface area contributed by atoms with E-state index in [1.807, 2.05) is 36.7 Å². The third kappa shape index (κ3) is 3.72. The Hall–Kier alpha value is -3.13. The number of rotatable bonds is 4. The van der Waals surface area contributed by atoms with Crippen LogP contribution in [0.1, 0.15) is 17.5 Å². The Kier molecular flexibility index (Phi) is 5.23. The summed E-state index contributed by atoms with van der Waals surface area (Å²) in [5, 5.41) is 14.4. The fourth-order valence-electron chi connectivity index (χ4n) is 4.45. The molecule has 5 heteroatoms. The summed E-state index contributed by atoms with van der Waals surface area (Å²) in [4.78, 5) is 4.91. The van der Waals surface area contributed by atoms with Crippen molar-refractivity contribution in [3.8, 4) is 28.5 Å². The average molecular weight is 427 g/mol. The van der Waals surface area contributed by atoms with Gasteiger partial charge in [0.15, 0.2) is 0 Å². The number of aromatic nitrogens is 2. The van der Waals surface area contributed by atoms with Gasteiger partial charge in [-0.25, -0.2) is 0 Å². The lowest BCUT2D eigenvalue weighted by atomic mass is 9.95. The van der Waals surface area contributed by atoms with E-state index in [0.717, 1.165) is 57.9 Å². The first-order valence-electron chi connectivity index (χ1n) is 10.6. The molecule has 1 unspecified atom stereocenters. The van der Waals surface area contributed by atoms with E-state index in [-0.39, 0.29) is 0 Å². The summed E-state index contributed by atoms with van der Waals surface area (Å²) in [6, 6.07) is 18.3. The Morgan fingerprint density at radius 2 is 1.87 bits per heavy atom. The van der Waals surface area contributed by atoms with E-state index in [1.54, 1.807) is 0 Å². The van der Waals surface area contributed by atoms with Gasteiger partial charge in [0.25, 0.3) is 0 Å². The maximum absolute atomic E-state index is 9.22. The maximum Gasteiger partial charge on any atom is 0.0991 e. The van der Waals surface area contributed by atoms with Crippen LogP contribution in [0.4, 0.5) is 0 Å². The van der Waals surface area contributed by atoms with Crippen molar-refractivity contribution in [3.05, 3.63) is 77.1 Å². The minimum atomic E-state index is 0.599. The molecule has 4 aromatic rings. The summed E-state index contributed by atoms with van der Waals surface area (Å²) in [7, 11) is 0. The predicted octanol–water partition coefficient (Wildman–Crippen LogP) is 5.81. The van der Waals surface area contributed by atoms with Crippen LogP contribution in [0.25, 0.3) is 33.3 Å². The lowest BCUT2D eigenvalue weighted by molar-refractivity contribution is 0.491. The molecule has 0 amide bonds. The molecular formula is C26H23ClN4. The van der Waals surface area contributed by atoms with Gasteiger partial charge in [-0.05, 0) is 50.0 Å². The number of nitrogens with zero attached hydrogens (tertiary/aromatic N) is 3. The first kappa shape index (κ1) is 19.8. The van der Waals surface area contributed by atoms with E-state index in [0.29, 0.717) is 11.5 Å². The number of hydrogen-bond donors (Lipinski definition) is 1. The highest BCUT2D eigenvalue weighted by Gasteiger charge is 2.21. The third-order valence-corrected chi connectivity index (χ3v) is 6.41. The van der Waals surface area contributed by atoms with Crippen molar-refractivity contribution >= 4 is 22.5 Å². The number of pyridine rings is 1. The minimum Gasteiger partial charge on any atom is -0.344 e. The summed E-state index contributed by atoms with van der Waals surface area (Å²) < 4.78 is 2.24. The van der Waals surface area contributed by atoms with Crippen molar-refractivity contribution in [3.63, 3.8) is 0 Å².